The van der Waals surface area contributed by atoms with Crippen LogP contribution in [0.1, 0.15) is 30.5 Å². The van der Waals surface area contributed by atoms with Crippen LogP contribution in [-0.4, -0.2) is 49.0 Å². The zero-order valence-electron chi connectivity index (χ0n) is 18.8. The molecular weight excluding hydrogens is 460 g/mol. The van der Waals surface area contributed by atoms with Crippen LogP contribution in [0.4, 0.5) is 0 Å². The highest BCUT2D eigenvalue weighted by Crippen LogP contribution is 2.28. The van der Waals surface area contributed by atoms with Crippen LogP contribution in [0, 0.1) is 6.92 Å². The van der Waals surface area contributed by atoms with Gasteiger partial charge in [-0.2, -0.15) is 0 Å². The Hall–Kier alpha value is -2.69. The van der Waals surface area contributed by atoms with Crippen LogP contribution in [0.25, 0.3) is 10.7 Å². The SMILES string of the molecule is COc1ccc(CNS(=O)(=O)c2cc(-c3nc(C)cs3)n(CC(=O)N3CCCCC3)c2)cc1. The summed E-state index contributed by atoms with van der Waals surface area (Å²) in [6.45, 7) is 3.62. The van der Waals surface area contributed by atoms with Crippen molar-refractivity contribution in [3.63, 3.8) is 0 Å². The van der Waals surface area contributed by atoms with E-state index in [4.69, 9.17) is 4.74 Å². The summed E-state index contributed by atoms with van der Waals surface area (Å²) in [5.41, 5.74) is 2.30. The first-order chi connectivity index (χ1) is 15.9. The maximum absolute atomic E-state index is 13.1. The number of sulfonamides is 1. The van der Waals surface area contributed by atoms with E-state index in [1.807, 2.05) is 29.3 Å². The fourth-order valence-corrected chi connectivity index (χ4v) is 5.69. The van der Waals surface area contributed by atoms with Crippen molar-refractivity contribution in [2.24, 2.45) is 0 Å². The number of piperidine rings is 1. The fourth-order valence-electron chi connectivity index (χ4n) is 3.81. The molecule has 1 fully saturated rings. The summed E-state index contributed by atoms with van der Waals surface area (Å²) >= 11 is 1.43. The molecule has 1 amide bonds. The van der Waals surface area contributed by atoms with Crippen LogP contribution < -0.4 is 9.46 Å². The summed E-state index contributed by atoms with van der Waals surface area (Å²) in [6, 6.07) is 8.80. The van der Waals surface area contributed by atoms with Crippen molar-refractivity contribution in [3.05, 3.63) is 53.2 Å². The van der Waals surface area contributed by atoms with Gasteiger partial charge in [-0.1, -0.05) is 12.1 Å². The number of ether oxygens (including phenoxy) is 1. The zero-order chi connectivity index (χ0) is 23.4. The van der Waals surface area contributed by atoms with E-state index in [2.05, 4.69) is 9.71 Å². The molecule has 33 heavy (non-hydrogen) atoms. The highest BCUT2D eigenvalue weighted by Gasteiger charge is 2.23. The summed E-state index contributed by atoms with van der Waals surface area (Å²) < 4.78 is 35.6. The Morgan fingerprint density at radius 1 is 1.18 bits per heavy atom. The van der Waals surface area contributed by atoms with Crippen LogP contribution in [-0.2, 0) is 27.9 Å². The van der Waals surface area contributed by atoms with Crippen LogP contribution >= 0.6 is 11.3 Å². The summed E-state index contributed by atoms with van der Waals surface area (Å²) in [7, 11) is -2.20. The normalized spacial score (nSPS) is 14.4. The number of aryl methyl sites for hydroxylation is 1. The number of carbonyl (C=O) groups is 1. The number of thiazole rings is 1. The molecule has 4 rings (SSSR count). The molecule has 1 N–H and O–H groups in total. The van der Waals surface area contributed by atoms with Crippen LogP contribution in [0.15, 0.2) is 46.8 Å². The van der Waals surface area contributed by atoms with Crippen molar-refractivity contribution in [2.75, 3.05) is 20.2 Å². The highest BCUT2D eigenvalue weighted by atomic mass is 32.2. The highest BCUT2D eigenvalue weighted by molar-refractivity contribution is 7.89. The Labute approximate surface area is 198 Å². The minimum Gasteiger partial charge on any atom is -0.497 e. The monoisotopic (exact) mass is 488 g/mol. The smallest absolute Gasteiger partial charge is 0.242 e. The van der Waals surface area contributed by atoms with E-state index in [0.717, 1.165) is 43.6 Å². The van der Waals surface area contributed by atoms with Gasteiger partial charge in [0.25, 0.3) is 0 Å². The number of carbonyl (C=O) groups excluding carboxylic acids is 1. The molecule has 1 aliphatic rings. The second kappa shape index (κ2) is 10.1. The molecule has 0 unspecified atom stereocenters. The summed E-state index contributed by atoms with van der Waals surface area (Å²) in [4.78, 5) is 19.4. The molecule has 1 aromatic carbocycles. The molecule has 176 valence electrons. The number of hydrogen-bond acceptors (Lipinski definition) is 6. The van der Waals surface area contributed by atoms with Gasteiger partial charge in [-0.25, -0.2) is 18.1 Å². The molecule has 10 heteroatoms. The topological polar surface area (TPSA) is 93.5 Å². The second-order valence-corrected chi connectivity index (χ2v) is 10.7. The van der Waals surface area contributed by atoms with E-state index in [-0.39, 0.29) is 23.9 Å². The number of benzene rings is 1. The maximum Gasteiger partial charge on any atom is 0.242 e. The number of likely N-dealkylation sites (tertiary alicyclic amines) is 1. The van der Waals surface area contributed by atoms with E-state index in [0.29, 0.717) is 16.5 Å². The van der Waals surface area contributed by atoms with Gasteiger partial charge in [0.2, 0.25) is 15.9 Å². The minimum absolute atomic E-state index is 0.00466. The average Bonchev–Trinajstić information content (AvgIpc) is 3.45. The van der Waals surface area contributed by atoms with Crippen molar-refractivity contribution in [1.29, 1.82) is 0 Å². The van der Waals surface area contributed by atoms with Gasteiger partial charge in [0.05, 0.1) is 12.8 Å². The van der Waals surface area contributed by atoms with Gasteiger partial charge in [-0.15, -0.1) is 11.3 Å². The van der Waals surface area contributed by atoms with E-state index >= 15 is 0 Å². The third-order valence-corrected chi connectivity index (χ3v) is 8.01. The quantitative estimate of drug-likeness (QED) is 0.524. The van der Waals surface area contributed by atoms with Gasteiger partial charge in [0.15, 0.2) is 0 Å². The lowest BCUT2D eigenvalue weighted by Crippen LogP contribution is -2.37. The number of rotatable bonds is 8. The first kappa shape index (κ1) is 23.5. The van der Waals surface area contributed by atoms with Crippen molar-refractivity contribution >= 4 is 27.3 Å². The number of nitrogens with zero attached hydrogens (tertiary/aromatic N) is 3. The van der Waals surface area contributed by atoms with E-state index in [1.165, 1.54) is 17.5 Å². The Morgan fingerprint density at radius 3 is 2.55 bits per heavy atom. The number of methoxy groups -OCH3 is 1. The Kier molecular flexibility index (Phi) is 7.16. The van der Waals surface area contributed by atoms with Crippen LogP contribution in [0.2, 0.25) is 0 Å². The Morgan fingerprint density at radius 2 is 1.91 bits per heavy atom. The van der Waals surface area contributed by atoms with Crippen LogP contribution in [0.3, 0.4) is 0 Å². The lowest BCUT2D eigenvalue weighted by Gasteiger charge is -2.27. The summed E-state index contributed by atoms with van der Waals surface area (Å²) in [6.07, 6.45) is 4.68. The molecule has 0 spiro atoms. The van der Waals surface area contributed by atoms with Crippen molar-refractivity contribution in [2.45, 2.75) is 44.2 Å². The predicted octanol–water partition coefficient (Wildman–Crippen LogP) is 3.42. The van der Waals surface area contributed by atoms with Crippen molar-refractivity contribution in [3.8, 4) is 16.5 Å². The third kappa shape index (κ3) is 5.63. The Balaban J connectivity index is 1.57. The van der Waals surface area contributed by atoms with Gasteiger partial charge >= 0.3 is 0 Å². The van der Waals surface area contributed by atoms with E-state index in [9.17, 15) is 13.2 Å². The van der Waals surface area contributed by atoms with Crippen molar-refractivity contribution in [1.82, 2.24) is 19.2 Å². The fraction of sp³-hybridized carbons (Fsp3) is 0.391. The number of amides is 1. The molecule has 0 radical (unpaired) electrons. The zero-order valence-corrected chi connectivity index (χ0v) is 20.4. The average molecular weight is 489 g/mol. The molecule has 0 saturated carbocycles. The van der Waals surface area contributed by atoms with Gasteiger partial charge in [0, 0.05) is 36.9 Å². The van der Waals surface area contributed by atoms with E-state index < -0.39 is 10.0 Å². The molecular formula is C23H28N4O4S2. The minimum atomic E-state index is -3.79. The Bertz CT molecular complexity index is 1210. The largest absolute Gasteiger partial charge is 0.497 e. The predicted molar refractivity (Wildman–Crippen MR) is 128 cm³/mol. The molecule has 2 aromatic heterocycles. The number of nitrogens with one attached hydrogen (secondary N) is 1. The first-order valence-electron chi connectivity index (χ1n) is 10.9. The molecule has 0 bridgehead atoms. The molecule has 8 nitrogen and oxygen atoms in total. The van der Waals surface area contributed by atoms with Gasteiger partial charge in [-0.05, 0) is 49.9 Å². The lowest BCUT2D eigenvalue weighted by atomic mass is 10.1. The number of hydrogen-bond donors (Lipinski definition) is 1. The molecule has 3 heterocycles. The second-order valence-electron chi connectivity index (χ2n) is 8.10. The van der Waals surface area contributed by atoms with Gasteiger partial charge in [0.1, 0.15) is 22.2 Å². The van der Waals surface area contributed by atoms with Gasteiger partial charge < -0.3 is 14.2 Å². The van der Waals surface area contributed by atoms with Crippen molar-refractivity contribution < 1.29 is 17.9 Å². The van der Waals surface area contributed by atoms with Crippen LogP contribution in [0.5, 0.6) is 5.75 Å². The standard InChI is InChI=1S/C23H28N4O4S2/c1-17-16-32-23(25-17)21-12-20(14-27(21)15-22(28)26-10-4-3-5-11-26)33(29,30)24-13-18-6-8-19(31-2)9-7-18/h6-9,12,14,16,24H,3-5,10-11,13,15H2,1-2H3. The molecule has 1 saturated heterocycles. The summed E-state index contributed by atoms with van der Waals surface area (Å²) in [5.74, 6) is 0.704. The van der Waals surface area contributed by atoms with Gasteiger partial charge in [-0.3, -0.25) is 4.79 Å². The molecule has 1 aliphatic heterocycles. The lowest BCUT2D eigenvalue weighted by molar-refractivity contribution is -0.132. The third-order valence-electron chi connectivity index (χ3n) is 5.66. The molecule has 0 aliphatic carbocycles. The molecule has 3 aromatic rings. The first-order valence-corrected chi connectivity index (χ1v) is 13.2. The number of aromatic nitrogens is 2. The molecule has 0 atom stereocenters. The van der Waals surface area contributed by atoms with E-state index in [1.54, 1.807) is 29.9 Å². The maximum atomic E-state index is 13.1. The summed E-state index contributed by atoms with van der Waals surface area (Å²) in [5, 5.41) is 2.60.